The monoisotopic (exact) mass is 330 g/mol. The van der Waals surface area contributed by atoms with Crippen LogP contribution in [-0.4, -0.2) is 5.78 Å². The highest BCUT2D eigenvalue weighted by Crippen LogP contribution is 2.24. The Morgan fingerprint density at radius 3 is 2.67 bits per heavy atom. The van der Waals surface area contributed by atoms with Crippen LogP contribution in [0.25, 0.3) is 0 Å². The minimum atomic E-state index is -0.934. The molecule has 2 rings (SSSR count). The molecular formula is C13H9BrF2OS. The maximum Gasteiger partial charge on any atom is 0.162 e. The average molecular weight is 331 g/mol. The lowest BCUT2D eigenvalue weighted by Gasteiger charge is -2.03. The maximum absolute atomic E-state index is 13.4. The van der Waals surface area contributed by atoms with E-state index in [4.69, 9.17) is 0 Å². The summed E-state index contributed by atoms with van der Waals surface area (Å²) in [6.45, 7) is 0. The quantitative estimate of drug-likeness (QED) is 0.823. The summed E-state index contributed by atoms with van der Waals surface area (Å²) in [7, 11) is 0. The lowest BCUT2D eigenvalue weighted by molar-refractivity contribution is -0.117. The van der Waals surface area contributed by atoms with Crippen LogP contribution in [0.1, 0.15) is 10.4 Å². The summed E-state index contributed by atoms with van der Waals surface area (Å²) in [6.07, 6.45) is 0.141. The van der Waals surface area contributed by atoms with Crippen LogP contribution in [0.3, 0.4) is 0 Å². The minimum Gasteiger partial charge on any atom is -0.299 e. The van der Waals surface area contributed by atoms with Crippen LogP contribution in [0.4, 0.5) is 8.78 Å². The van der Waals surface area contributed by atoms with Crippen LogP contribution in [0, 0.1) is 11.6 Å². The van der Waals surface area contributed by atoms with Gasteiger partial charge in [0.1, 0.15) is 5.78 Å². The zero-order valence-electron chi connectivity index (χ0n) is 9.25. The number of thiophene rings is 1. The number of rotatable bonds is 4. The number of Topliss-reactive ketones (excluding diaryl/α,β-unsaturated/α-hetero) is 1. The van der Waals surface area contributed by atoms with Gasteiger partial charge in [-0.15, -0.1) is 11.3 Å². The summed E-state index contributed by atoms with van der Waals surface area (Å²) in [6, 6.07) is 5.73. The van der Waals surface area contributed by atoms with Gasteiger partial charge in [-0.25, -0.2) is 8.78 Å². The van der Waals surface area contributed by atoms with Crippen molar-refractivity contribution in [1.82, 2.24) is 0 Å². The number of carbonyl (C=O) groups is 1. The molecule has 0 saturated carbocycles. The summed E-state index contributed by atoms with van der Waals surface area (Å²) in [4.78, 5) is 12.7. The predicted octanol–water partition coefficient (Wildman–Crippen LogP) is 4.14. The Kier molecular flexibility index (Phi) is 4.24. The normalized spacial score (nSPS) is 10.6. The van der Waals surface area contributed by atoms with E-state index in [0.29, 0.717) is 0 Å². The Balaban J connectivity index is 2.08. The molecule has 1 nitrogen and oxygen atoms in total. The van der Waals surface area contributed by atoms with Crippen LogP contribution in [-0.2, 0) is 17.6 Å². The predicted molar refractivity (Wildman–Crippen MR) is 70.8 cm³/mol. The molecule has 0 N–H and O–H groups in total. The van der Waals surface area contributed by atoms with Gasteiger partial charge in [0, 0.05) is 22.2 Å². The molecule has 1 aromatic carbocycles. The fraction of sp³-hybridized carbons (Fsp3) is 0.154. The zero-order valence-corrected chi connectivity index (χ0v) is 11.7. The molecule has 0 radical (unpaired) electrons. The van der Waals surface area contributed by atoms with Crippen LogP contribution >= 0.6 is 27.3 Å². The van der Waals surface area contributed by atoms with Crippen molar-refractivity contribution in [3.63, 3.8) is 0 Å². The summed E-state index contributed by atoms with van der Waals surface area (Å²) in [5.74, 6) is -1.99. The Labute approximate surface area is 116 Å². The minimum absolute atomic E-state index is 0.0894. The van der Waals surface area contributed by atoms with Crippen LogP contribution in [0.2, 0.25) is 0 Å². The Morgan fingerprint density at radius 2 is 2.00 bits per heavy atom. The molecule has 0 amide bonds. The third-order valence-corrected chi connectivity index (χ3v) is 4.39. The van der Waals surface area contributed by atoms with Crippen molar-refractivity contribution in [3.8, 4) is 0 Å². The van der Waals surface area contributed by atoms with Gasteiger partial charge >= 0.3 is 0 Å². The largest absolute Gasteiger partial charge is 0.299 e. The van der Waals surface area contributed by atoms with E-state index in [1.807, 2.05) is 11.4 Å². The number of hydrogen-bond acceptors (Lipinski definition) is 2. The fourth-order valence-corrected chi connectivity index (χ4v) is 3.11. The standard InChI is InChI=1S/C13H9BrF2OS/c14-10-4-5-18-12(10)7-9(17)6-8-2-1-3-11(15)13(8)16/h1-5H,6-7H2. The first kappa shape index (κ1) is 13.4. The third kappa shape index (κ3) is 3.03. The first-order valence-electron chi connectivity index (χ1n) is 5.24. The van der Waals surface area contributed by atoms with E-state index in [-0.39, 0.29) is 24.2 Å². The van der Waals surface area contributed by atoms with Crippen molar-refractivity contribution >= 4 is 33.0 Å². The molecule has 94 valence electrons. The number of hydrogen-bond donors (Lipinski definition) is 0. The summed E-state index contributed by atoms with van der Waals surface area (Å²) in [5, 5.41) is 1.87. The Bertz CT molecular complexity index is 580. The van der Waals surface area contributed by atoms with E-state index in [2.05, 4.69) is 15.9 Å². The van der Waals surface area contributed by atoms with Gasteiger partial charge in [0.25, 0.3) is 0 Å². The van der Waals surface area contributed by atoms with Crippen LogP contribution < -0.4 is 0 Å². The molecule has 2 aromatic rings. The van der Waals surface area contributed by atoms with Gasteiger partial charge in [0.15, 0.2) is 11.6 Å². The zero-order chi connectivity index (χ0) is 13.1. The van der Waals surface area contributed by atoms with E-state index in [1.165, 1.54) is 23.5 Å². The van der Waals surface area contributed by atoms with Gasteiger partial charge in [-0.3, -0.25) is 4.79 Å². The lowest BCUT2D eigenvalue weighted by atomic mass is 10.1. The number of carbonyl (C=O) groups excluding carboxylic acids is 1. The molecule has 1 heterocycles. The molecule has 18 heavy (non-hydrogen) atoms. The van der Waals surface area contributed by atoms with Crippen molar-refractivity contribution in [3.05, 3.63) is 56.2 Å². The van der Waals surface area contributed by atoms with Crippen molar-refractivity contribution in [2.24, 2.45) is 0 Å². The highest BCUT2D eigenvalue weighted by atomic mass is 79.9. The van der Waals surface area contributed by atoms with Crippen molar-refractivity contribution < 1.29 is 13.6 Å². The molecule has 1 aromatic heterocycles. The molecular weight excluding hydrogens is 322 g/mol. The smallest absolute Gasteiger partial charge is 0.162 e. The molecule has 0 aliphatic carbocycles. The van der Waals surface area contributed by atoms with Gasteiger partial charge in [-0.05, 0) is 39.0 Å². The van der Waals surface area contributed by atoms with Crippen molar-refractivity contribution in [2.75, 3.05) is 0 Å². The van der Waals surface area contributed by atoms with E-state index in [0.717, 1.165) is 15.4 Å². The second-order valence-electron chi connectivity index (χ2n) is 3.80. The Morgan fingerprint density at radius 1 is 1.22 bits per heavy atom. The molecule has 0 fully saturated rings. The topological polar surface area (TPSA) is 17.1 Å². The SMILES string of the molecule is O=C(Cc1cccc(F)c1F)Cc1sccc1Br. The van der Waals surface area contributed by atoms with Gasteiger partial charge in [-0.2, -0.15) is 0 Å². The van der Waals surface area contributed by atoms with Crippen molar-refractivity contribution in [1.29, 1.82) is 0 Å². The van der Waals surface area contributed by atoms with Gasteiger partial charge in [-0.1, -0.05) is 12.1 Å². The van der Waals surface area contributed by atoms with E-state index >= 15 is 0 Å². The maximum atomic E-state index is 13.4. The molecule has 0 atom stereocenters. The van der Waals surface area contributed by atoms with E-state index in [9.17, 15) is 13.6 Å². The van der Waals surface area contributed by atoms with Crippen molar-refractivity contribution in [2.45, 2.75) is 12.8 Å². The van der Waals surface area contributed by atoms with E-state index < -0.39 is 11.6 Å². The van der Waals surface area contributed by atoms with Gasteiger partial charge in [0.05, 0.1) is 0 Å². The highest BCUT2D eigenvalue weighted by molar-refractivity contribution is 9.10. The summed E-state index contributed by atoms with van der Waals surface area (Å²) < 4.78 is 27.2. The second kappa shape index (κ2) is 5.71. The number of benzene rings is 1. The van der Waals surface area contributed by atoms with Crippen LogP contribution in [0.5, 0.6) is 0 Å². The fourth-order valence-electron chi connectivity index (χ4n) is 1.59. The van der Waals surface area contributed by atoms with Gasteiger partial charge in [0.2, 0.25) is 0 Å². The Hall–Kier alpha value is -1.07. The van der Waals surface area contributed by atoms with Gasteiger partial charge < -0.3 is 0 Å². The first-order valence-corrected chi connectivity index (χ1v) is 6.91. The summed E-state index contributed by atoms with van der Waals surface area (Å²) >= 11 is 4.79. The number of halogens is 3. The third-order valence-electron chi connectivity index (χ3n) is 2.47. The van der Waals surface area contributed by atoms with E-state index in [1.54, 1.807) is 0 Å². The lowest BCUT2D eigenvalue weighted by Crippen LogP contribution is -2.08. The number of ketones is 1. The molecule has 0 bridgehead atoms. The summed E-state index contributed by atoms with van der Waals surface area (Å²) in [5.41, 5.74) is 0.104. The molecule has 0 aliphatic rings. The molecule has 0 spiro atoms. The first-order chi connectivity index (χ1) is 8.58. The average Bonchev–Trinajstić information content (AvgIpc) is 2.71. The highest BCUT2D eigenvalue weighted by Gasteiger charge is 2.13. The molecule has 5 heteroatoms. The van der Waals surface area contributed by atoms with Crippen LogP contribution in [0.15, 0.2) is 34.1 Å². The molecule has 0 unspecified atom stereocenters. The molecule has 0 aliphatic heterocycles. The molecule has 0 saturated heterocycles. The second-order valence-corrected chi connectivity index (χ2v) is 5.65.